The van der Waals surface area contributed by atoms with Gasteiger partial charge in [-0.1, -0.05) is 11.6 Å². The van der Waals surface area contributed by atoms with Crippen molar-refractivity contribution in [1.29, 1.82) is 0 Å². The van der Waals surface area contributed by atoms with E-state index >= 15 is 0 Å². The summed E-state index contributed by atoms with van der Waals surface area (Å²) < 4.78 is 0. The lowest BCUT2D eigenvalue weighted by molar-refractivity contribution is 0.284. The lowest BCUT2D eigenvalue weighted by Gasteiger charge is -2.33. The third kappa shape index (κ3) is 3.54. The van der Waals surface area contributed by atoms with E-state index in [9.17, 15) is 0 Å². The molecule has 0 spiro atoms. The highest BCUT2D eigenvalue weighted by Gasteiger charge is 2.20. The minimum Gasteiger partial charge on any atom is -0.356 e. The van der Waals surface area contributed by atoms with Crippen molar-refractivity contribution in [3.05, 3.63) is 17.5 Å². The summed E-state index contributed by atoms with van der Waals surface area (Å²) in [5.74, 6) is 1.76. The van der Waals surface area contributed by atoms with E-state index in [4.69, 9.17) is 11.6 Å². The van der Waals surface area contributed by atoms with Gasteiger partial charge in [0.1, 0.15) is 17.3 Å². The fourth-order valence-corrected chi connectivity index (χ4v) is 2.50. The van der Waals surface area contributed by atoms with E-state index in [1.807, 2.05) is 6.07 Å². The molecule has 0 atom stereocenters. The molecule has 1 saturated heterocycles. The van der Waals surface area contributed by atoms with E-state index in [0.717, 1.165) is 24.8 Å². The highest BCUT2D eigenvalue weighted by Crippen LogP contribution is 2.22. The number of hydrogen-bond acceptors (Lipinski definition) is 4. The minimum atomic E-state index is 0.519. The second-order valence-corrected chi connectivity index (χ2v) is 5.28. The van der Waals surface area contributed by atoms with Gasteiger partial charge in [-0.2, -0.15) is 0 Å². The van der Waals surface area contributed by atoms with Gasteiger partial charge in [-0.05, 0) is 32.9 Å². The van der Waals surface area contributed by atoms with Gasteiger partial charge in [0.2, 0.25) is 0 Å². The average Bonchev–Trinajstić information content (AvgIpc) is 2.29. The molecule has 0 radical (unpaired) electrons. The maximum Gasteiger partial charge on any atom is 0.134 e. The number of aromatic nitrogens is 2. The van der Waals surface area contributed by atoms with Crippen molar-refractivity contribution in [3.63, 3.8) is 0 Å². The molecule has 2 rings (SSSR count). The number of hydrogen-bond donors (Lipinski definition) is 0. The molecule has 1 aromatic rings. The number of piperidine rings is 1. The van der Waals surface area contributed by atoms with Crippen LogP contribution < -0.4 is 4.90 Å². The standard InChI is InChI=1S/C12H19ClN4/c1-16(2)8-10-3-5-17(6-4-10)12-7-11(13)14-9-15-12/h7,9-10H,3-6,8H2,1-2H3. The Morgan fingerprint density at radius 3 is 2.65 bits per heavy atom. The monoisotopic (exact) mass is 254 g/mol. The molecule has 0 N–H and O–H groups in total. The molecule has 0 bridgehead atoms. The SMILES string of the molecule is CN(C)CC1CCN(c2cc(Cl)ncn2)CC1. The van der Waals surface area contributed by atoms with Crippen molar-refractivity contribution in [1.82, 2.24) is 14.9 Å². The van der Waals surface area contributed by atoms with Crippen LogP contribution in [0.15, 0.2) is 12.4 Å². The van der Waals surface area contributed by atoms with E-state index in [1.165, 1.54) is 25.7 Å². The van der Waals surface area contributed by atoms with E-state index in [2.05, 4.69) is 33.9 Å². The van der Waals surface area contributed by atoms with Crippen LogP contribution in [0, 0.1) is 5.92 Å². The zero-order chi connectivity index (χ0) is 12.3. The van der Waals surface area contributed by atoms with E-state index in [1.54, 1.807) is 0 Å². The first-order valence-electron chi connectivity index (χ1n) is 6.02. The van der Waals surface area contributed by atoms with Gasteiger partial charge in [0.05, 0.1) is 0 Å². The van der Waals surface area contributed by atoms with Crippen LogP contribution in [0.25, 0.3) is 0 Å². The number of halogens is 1. The zero-order valence-corrected chi connectivity index (χ0v) is 11.2. The number of anilines is 1. The lowest BCUT2D eigenvalue weighted by Crippen LogP contribution is -2.37. The van der Waals surface area contributed by atoms with Crippen LogP contribution in [-0.4, -0.2) is 48.6 Å². The van der Waals surface area contributed by atoms with Gasteiger partial charge in [0.25, 0.3) is 0 Å². The van der Waals surface area contributed by atoms with Gasteiger partial charge < -0.3 is 9.80 Å². The molecule has 0 saturated carbocycles. The normalized spacial score (nSPS) is 17.8. The molecular formula is C12H19ClN4. The molecule has 1 aliphatic rings. The van der Waals surface area contributed by atoms with Crippen LogP contribution >= 0.6 is 11.6 Å². The van der Waals surface area contributed by atoms with Crippen LogP contribution in [0.4, 0.5) is 5.82 Å². The summed E-state index contributed by atoms with van der Waals surface area (Å²) in [6, 6.07) is 1.84. The summed E-state index contributed by atoms with van der Waals surface area (Å²) in [7, 11) is 4.27. The molecule has 0 amide bonds. The summed E-state index contributed by atoms with van der Waals surface area (Å²) >= 11 is 5.88. The third-order valence-corrected chi connectivity index (χ3v) is 3.39. The maximum atomic E-state index is 5.88. The highest BCUT2D eigenvalue weighted by atomic mass is 35.5. The van der Waals surface area contributed by atoms with E-state index in [-0.39, 0.29) is 0 Å². The predicted octanol–water partition coefficient (Wildman–Crippen LogP) is 1.91. The number of nitrogens with zero attached hydrogens (tertiary/aromatic N) is 4. The molecular weight excluding hydrogens is 236 g/mol. The summed E-state index contributed by atoms with van der Waals surface area (Å²) in [4.78, 5) is 12.7. The van der Waals surface area contributed by atoms with Crippen LogP contribution in [0.2, 0.25) is 5.15 Å². The lowest BCUT2D eigenvalue weighted by atomic mass is 9.96. The first kappa shape index (κ1) is 12.6. The Kier molecular flexibility index (Phi) is 4.18. The minimum absolute atomic E-state index is 0.519. The molecule has 2 heterocycles. The molecule has 1 fully saturated rings. The average molecular weight is 255 g/mol. The smallest absolute Gasteiger partial charge is 0.134 e. The van der Waals surface area contributed by atoms with E-state index in [0.29, 0.717) is 5.15 Å². The third-order valence-electron chi connectivity index (χ3n) is 3.18. The summed E-state index contributed by atoms with van der Waals surface area (Å²) in [5, 5.41) is 0.519. The highest BCUT2D eigenvalue weighted by molar-refractivity contribution is 6.29. The second-order valence-electron chi connectivity index (χ2n) is 4.89. The number of rotatable bonds is 3. The maximum absolute atomic E-state index is 5.88. The van der Waals surface area contributed by atoms with Crippen molar-refractivity contribution in [2.24, 2.45) is 5.92 Å². The Labute approximate surface area is 108 Å². The molecule has 94 valence electrons. The van der Waals surface area contributed by atoms with Crippen LogP contribution in [-0.2, 0) is 0 Å². The summed E-state index contributed by atoms with van der Waals surface area (Å²) in [5.41, 5.74) is 0. The van der Waals surface area contributed by atoms with Crippen molar-refractivity contribution in [3.8, 4) is 0 Å². The molecule has 4 nitrogen and oxygen atoms in total. The van der Waals surface area contributed by atoms with Crippen LogP contribution in [0.5, 0.6) is 0 Å². The summed E-state index contributed by atoms with van der Waals surface area (Å²) in [6.45, 7) is 3.30. The zero-order valence-electron chi connectivity index (χ0n) is 10.4. The summed E-state index contributed by atoms with van der Waals surface area (Å²) in [6.07, 6.45) is 3.98. The predicted molar refractivity (Wildman–Crippen MR) is 70.5 cm³/mol. The largest absolute Gasteiger partial charge is 0.356 e. The molecule has 0 aliphatic carbocycles. The van der Waals surface area contributed by atoms with Crippen molar-refractivity contribution in [2.45, 2.75) is 12.8 Å². The molecule has 17 heavy (non-hydrogen) atoms. The first-order valence-corrected chi connectivity index (χ1v) is 6.40. The topological polar surface area (TPSA) is 32.3 Å². The van der Waals surface area contributed by atoms with Crippen molar-refractivity contribution in [2.75, 3.05) is 38.6 Å². The van der Waals surface area contributed by atoms with Gasteiger partial charge in [-0.15, -0.1) is 0 Å². The second kappa shape index (κ2) is 5.65. The van der Waals surface area contributed by atoms with Gasteiger partial charge in [-0.3, -0.25) is 0 Å². The van der Waals surface area contributed by atoms with Crippen LogP contribution in [0.1, 0.15) is 12.8 Å². The first-order chi connectivity index (χ1) is 8.15. The Morgan fingerprint density at radius 1 is 1.35 bits per heavy atom. The molecule has 1 aliphatic heterocycles. The van der Waals surface area contributed by atoms with Crippen LogP contribution in [0.3, 0.4) is 0 Å². The fraction of sp³-hybridized carbons (Fsp3) is 0.667. The molecule has 1 aromatic heterocycles. The van der Waals surface area contributed by atoms with Gasteiger partial charge in [0, 0.05) is 25.7 Å². The fourth-order valence-electron chi connectivity index (χ4n) is 2.36. The quantitative estimate of drug-likeness (QED) is 0.772. The Hall–Kier alpha value is -0.870. The van der Waals surface area contributed by atoms with Crippen molar-refractivity contribution < 1.29 is 0 Å². The Morgan fingerprint density at radius 2 is 2.06 bits per heavy atom. The molecule has 0 aromatic carbocycles. The molecule has 5 heteroatoms. The van der Waals surface area contributed by atoms with E-state index < -0.39 is 0 Å². The van der Waals surface area contributed by atoms with Crippen molar-refractivity contribution >= 4 is 17.4 Å². The van der Waals surface area contributed by atoms with Gasteiger partial charge in [-0.25, -0.2) is 9.97 Å². The Bertz CT molecular complexity index is 361. The van der Waals surface area contributed by atoms with Gasteiger partial charge >= 0.3 is 0 Å². The Balaban J connectivity index is 1.91. The van der Waals surface area contributed by atoms with Gasteiger partial charge in [0.15, 0.2) is 0 Å². The molecule has 0 unspecified atom stereocenters.